The number of allylic oxidation sites excluding steroid dienone is 1. The maximum atomic E-state index is 10.3. The van der Waals surface area contributed by atoms with Gasteiger partial charge in [0.2, 0.25) is 0 Å². The van der Waals surface area contributed by atoms with Crippen molar-refractivity contribution in [2.45, 2.75) is 0 Å². The fraction of sp³-hybridized carbons (Fsp3) is 0. The molecule has 0 fully saturated rings. The Morgan fingerprint density at radius 1 is 1.31 bits per heavy atom. The van der Waals surface area contributed by atoms with Gasteiger partial charge in [-0.05, 0) is 18.2 Å². The highest BCUT2D eigenvalue weighted by Gasteiger charge is 1.98. The topological polar surface area (TPSA) is 64.7 Å². The summed E-state index contributed by atoms with van der Waals surface area (Å²) in [6, 6.07) is 6.84. The van der Waals surface area contributed by atoms with Gasteiger partial charge in [0.15, 0.2) is 6.29 Å². The summed E-state index contributed by atoms with van der Waals surface area (Å²) >= 11 is 1.25. The van der Waals surface area contributed by atoms with Crippen LogP contribution in [0.3, 0.4) is 0 Å². The molecule has 0 saturated carbocycles. The number of carbonyl (C=O) groups excluding carboxylic acids is 1. The molecule has 1 heterocycles. The number of hydrogen-bond acceptors (Lipinski definition) is 4. The molecular weight excluding hydrogens is 184 g/mol. The van der Waals surface area contributed by atoms with Gasteiger partial charge in [0.05, 0.1) is 4.88 Å². The number of carbonyl (C=O) groups is 1. The maximum Gasteiger partial charge on any atom is 0.160 e. The third kappa shape index (κ3) is 2.26. The largest absolute Gasteiger partial charge is 0.297 e. The van der Waals surface area contributed by atoms with Crippen LogP contribution < -0.4 is 0 Å². The van der Waals surface area contributed by atoms with Crippen LogP contribution >= 0.6 is 11.3 Å². The number of aldehydes is 1. The summed E-state index contributed by atoms with van der Waals surface area (Å²) < 4.78 is 0. The summed E-state index contributed by atoms with van der Waals surface area (Å²) in [5.74, 6) is 0. The minimum atomic E-state index is 0.0410. The predicted octanol–water partition coefficient (Wildman–Crippen LogP) is 1.99. The van der Waals surface area contributed by atoms with E-state index in [2.05, 4.69) is 0 Å². The van der Waals surface area contributed by atoms with Gasteiger partial charge in [-0.25, -0.2) is 0 Å². The van der Waals surface area contributed by atoms with Crippen LogP contribution in [0.4, 0.5) is 0 Å². The third-order valence-corrected chi connectivity index (χ3v) is 2.25. The molecule has 1 rings (SSSR count). The van der Waals surface area contributed by atoms with Gasteiger partial charge < -0.3 is 0 Å². The first-order valence-electron chi connectivity index (χ1n) is 3.37. The second-order valence-electron chi connectivity index (χ2n) is 2.14. The summed E-state index contributed by atoms with van der Waals surface area (Å²) in [5.41, 5.74) is 0.0410. The zero-order chi connectivity index (χ0) is 9.68. The van der Waals surface area contributed by atoms with E-state index in [4.69, 9.17) is 10.5 Å². The first kappa shape index (κ1) is 9.18. The van der Waals surface area contributed by atoms with Crippen molar-refractivity contribution in [3.05, 3.63) is 27.5 Å². The zero-order valence-electron chi connectivity index (χ0n) is 6.52. The molecule has 0 amide bonds. The van der Waals surface area contributed by atoms with E-state index in [1.165, 1.54) is 17.4 Å². The second-order valence-corrected chi connectivity index (χ2v) is 3.29. The quantitative estimate of drug-likeness (QED) is 0.526. The van der Waals surface area contributed by atoms with Crippen LogP contribution in [0.5, 0.6) is 0 Å². The first-order chi connectivity index (χ1) is 6.30. The highest BCUT2D eigenvalue weighted by molar-refractivity contribution is 7.14. The lowest BCUT2D eigenvalue weighted by Crippen LogP contribution is -1.69. The Labute approximate surface area is 79.2 Å². The van der Waals surface area contributed by atoms with Crippen molar-refractivity contribution in [2.75, 3.05) is 0 Å². The van der Waals surface area contributed by atoms with Gasteiger partial charge in [0, 0.05) is 4.88 Å². The molecule has 0 aromatic carbocycles. The van der Waals surface area contributed by atoms with Gasteiger partial charge in [0.1, 0.15) is 17.7 Å². The SMILES string of the molecule is N#CC(C#N)=Cc1ccc(C=O)s1. The van der Waals surface area contributed by atoms with E-state index in [9.17, 15) is 4.79 Å². The van der Waals surface area contributed by atoms with Gasteiger partial charge in [-0.2, -0.15) is 10.5 Å². The van der Waals surface area contributed by atoms with E-state index in [0.29, 0.717) is 4.88 Å². The number of rotatable bonds is 2. The minimum Gasteiger partial charge on any atom is -0.297 e. The van der Waals surface area contributed by atoms with Gasteiger partial charge >= 0.3 is 0 Å². The molecule has 1 aromatic rings. The lowest BCUT2D eigenvalue weighted by atomic mass is 10.3. The monoisotopic (exact) mass is 188 g/mol. The molecule has 1 aromatic heterocycles. The van der Waals surface area contributed by atoms with Crippen molar-refractivity contribution in [3.63, 3.8) is 0 Å². The molecule has 4 heteroatoms. The molecule has 0 spiro atoms. The maximum absolute atomic E-state index is 10.3. The average Bonchev–Trinajstić information content (AvgIpc) is 2.61. The van der Waals surface area contributed by atoms with Crippen molar-refractivity contribution in [1.29, 1.82) is 10.5 Å². The fourth-order valence-corrected chi connectivity index (χ4v) is 1.51. The first-order valence-corrected chi connectivity index (χ1v) is 4.18. The minimum absolute atomic E-state index is 0.0410. The molecular formula is C9H4N2OS. The molecule has 0 aliphatic heterocycles. The molecule has 0 unspecified atom stereocenters. The van der Waals surface area contributed by atoms with Crippen molar-refractivity contribution in [2.24, 2.45) is 0 Å². The smallest absolute Gasteiger partial charge is 0.160 e. The molecule has 0 aliphatic rings. The summed E-state index contributed by atoms with van der Waals surface area (Å²) in [6.07, 6.45) is 2.19. The van der Waals surface area contributed by atoms with Crippen LogP contribution in [0.15, 0.2) is 17.7 Å². The number of thiophene rings is 1. The lowest BCUT2D eigenvalue weighted by molar-refractivity contribution is 0.112. The van der Waals surface area contributed by atoms with E-state index in [1.54, 1.807) is 24.3 Å². The fourth-order valence-electron chi connectivity index (χ4n) is 0.741. The van der Waals surface area contributed by atoms with Gasteiger partial charge in [-0.15, -0.1) is 11.3 Å². The van der Waals surface area contributed by atoms with Gasteiger partial charge in [-0.3, -0.25) is 4.79 Å². The van der Waals surface area contributed by atoms with Crippen LogP contribution in [0.1, 0.15) is 14.5 Å². The van der Waals surface area contributed by atoms with E-state index in [-0.39, 0.29) is 5.57 Å². The normalized spacial score (nSPS) is 8.15. The van der Waals surface area contributed by atoms with Crippen LogP contribution in [0.2, 0.25) is 0 Å². The highest BCUT2D eigenvalue weighted by atomic mass is 32.1. The van der Waals surface area contributed by atoms with Crippen molar-refractivity contribution in [1.82, 2.24) is 0 Å². The number of nitriles is 2. The Hall–Kier alpha value is -1.91. The Morgan fingerprint density at radius 3 is 2.38 bits per heavy atom. The molecule has 13 heavy (non-hydrogen) atoms. The molecule has 0 aliphatic carbocycles. The molecule has 0 atom stereocenters. The third-order valence-electron chi connectivity index (χ3n) is 1.29. The number of nitrogens with zero attached hydrogens (tertiary/aromatic N) is 2. The summed E-state index contributed by atoms with van der Waals surface area (Å²) in [5, 5.41) is 16.9. The molecule has 0 bridgehead atoms. The van der Waals surface area contributed by atoms with Crippen LogP contribution in [0, 0.1) is 22.7 Å². The van der Waals surface area contributed by atoms with Crippen LogP contribution in [0.25, 0.3) is 6.08 Å². The van der Waals surface area contributed by atoms with Gasteiger partial charge in [-0.1, -0.05) is 0 Å². The number of hydrogen-bond donors (Lipinski definition) is 0. The van der Waals surface area contributed by atoms with Crippen molar-refractivity contribution < 1.29 is 4.79 Å². The van der Waals surface area contributed by atoms with Crippen LogP contribution in [-0.2, 0) is 0 Å². The predicted molar refractivity (Wildman–Crippen MR) is 48.9 cm³/mol. The molecule has 0 N–H and O–H groups in total. The Balaban J connectivity index is 2.99. The van der Waals surface area contributed by atoms with E-state index >= 15 is 0 Å². The van der Waals surface area contributed by atoms with Gasteiger partial charge in [0.25, 0.3) is 0 Å². The molecule has 62 valence electrons. The average molecular weight is 188 g/mol. The second kappa shape index (κ2) is 4.20. The van der Waals surface area contributed by atoms with Crippen molar-refractivity contribution >= 4 is 23.7 Å². The van der Waals surface area contributed by atoms with Crippen molar-refractivity contribution in [3.8, 4) is 12.1 Å². The van der Waals surface area contributed by atoms with Crippen LogP contribution in [-0.4, -0.2) is 6.29 Å². The summed E-state index contributed by atoms with van der Waals surface area (Å²) in [6.45, 7) is 0. The van der Waals surface area contributed by atoms with E-state index in [1.807, 2.05) is 0 Å². The standard InChI is InChI=1S/C9H4N2OS/c10-4-7(5-11)3-8-1-2-9(6-12)13-8/h1-3,6H. The van der Waals surface area contributed by atoms with E-state index in [0.717, 1.165) is 11.2 Å². The van der Waals surface area contributed by atoms with E-state index < -0.39 is 0 Å². The zero-order valence-corrected chi connectivity index (χ0v) is 7.34. The lowest BCUT2D eigenvalue weighted by Gasteiger charge is -1.81. The molecule has 0 radical (unpaired) electrons. The summed E-state index contributed by atoms with van der Waals surface area (Å²) in [4.78, 5) is 11.6. The Bertz CT molecular complexity index is 415. The molecule has 0 saturated heterocycles. The summed E-state index contributed by atoms with van der Waals surface area (Å²) in [7, 11) is 0. The Kier molecular flexibility index (Phi) is 2.97. The molecule has 3 nitrogen and oxygen atoms in total. The Morgan fingerprint density at radius 2 is 1.92 bits per heavy atom. The highest BCUT2D eigenvalue weighted by Crippen LogP contribution is 2.17.